The van der Waals surface area contributed by atoms with Crippen molar-refractivity contribution in [3.63, 3.8) is 0 Å². The van der Waals surface area contributed by atoms with Crippen molar-refractivity contribution in [1.82, 2.24) is 4.90 Å². The van der Waals surface area contributed by atoms with Crippen LogP contribution in [0.2, 0.25) is 0 Å². The van der Waals surface area contributed by atoms with Crippen molar-refractivity contribution in [2.75, 3.05) is 19.7 Å². The Morgan fingerprint density at radius 2 is 2.00 bits per heavy atom. The third-order valence-corrected chi connectivity index (χ3v) is 2.19. The molecule has 1 aromatic carbocycles. The van der Waals surface area contributed by atoms with Crippen molar-refractivity contribution in [2.45, 2.75) is 6.54 Å². The first-order valence-corrected chi connectivity index (χ1v) is 4.76. The Kier molecular flexibility index (Phi) is 2.71. The summed E-state index contributed by atoms with van der Waals surface area (Å²) in [4.78, 5) is 2.37. The van der Waals surface area contributed by atoms with Crippen LogP contribution >= 0.6 is 0 Å². The summed E-state index contributed by atoms with van der Waals surface area (Å²) in [7, 11) is 0. The maximum atomic E-state index is 5.28. The SMILES string of the molecule is C#CCOc1ccc(CN2CC2)cc1. The molecule has 0 aromatic heterocycles. The smallest absolute Gasteiger partial charge is 0.148 e. The van der Waals surface area contributed by atoms with Gasteiger partial charge in [-0.15, -0.1) is 6.42 Å². The molecule has 1 fully saturated rings. The molecule has 2 rings (SSSR count). The summed E-state index contributed by atoms with van der Waals surface area (Å²) < 4.78 is 5.28. The summed E-state index contributed by atoms with van der Waals surface area (Å²) in [5.41, 5.74) is 1.33. The first kappa shape index (κ1) is 9.11. The number of hydrogen-bond donors (Lipinski definition) is 0. The van der Waals surface area contributed by atoms with Crippen molar-refractivity contribution in [1.29, 1.82) is 0 Å². The molecule has 1 heterocycles. The van der Waals surface area contributed by atoms with Gasteiger partial charge in [0.1, 0.15) is 12.4 Å². The molecule has 0 N–H and O–H groups in total. The van der Waals surface area contributed by atoms with Gasteiger partial charge in [0.05, 0.1) is 0 Å². The van der Waals surface area contributed by atoms with E-state index in [2.05, 4.69) is 23.0 Å². The second-order valence-corrected chi connectivity index (χ2v) is 3.41. The van der Waals surface area contributed by atoms with E-state index in [1.165, 1.54) is 18.7 Å². The Labute approximate surface area is 84.5 Å². The summed E-state index contributed by atoms with van der Waals surface area (Å²) in [6, 6.07) is 8.11. The molecule has 0 unspecified atom stereocenters. The highest BCUT2D eigenvalue weighted by atomic mass is 16.5. The van der Waals surface area contributed by atoms with Crippen LogP contribution < -0.4 is 4.74 Å². The van der Waals surface area contributed by atoms with E-state index in [0.717, 1.165) is 12.3 Å². The number of benzene rings is 1. The molecule has 2 heteroatoms. The summed E-state index contributed by atoms with van der Waals surface area (Å²) in [5.74, 6) is 3.29. The van der Waals surface area contributed by atoms with Crippen molar-refractivity contribution in [3.8, 4) is 18.1 Å². The van der Waals surface area contributed by atoms with Gasteiger partial charge in [-0.1, -0.05) is 18.1 Å². The fourth-order valence-electron chi connectivity index (χ4n) is 1.30. The molecule has 0 saturated carbocycles. The lowest BCUT2D eigenvalue weighted by Gasteiger charge is -2.04. The third kappa shape index (κ3) is 2.51. The van der Waals surface area contributed by atoms with Gasteiger partial charge in [-0.25, -0.2) is 0 Å². The van der Waals surface area contributed by atoms with E-state index >= 15 is 0 Å². The van der Waals surface area contributed by atoms with Crippen LogP contribution in [0.1, 0.15) is 5.56 Å². The molecule has 1 aliphatic rings. The number of nitrogens with zero attached hydrogens (tertiary/aromatic N) is 1. The molecule has 72 valence electrons. The zero-order valence-electron chi connectivity index (χ0n) is 8.07. The van der Waals surface area contributed by atoms with Crippen LogP contribution in [0, 0.1) is 12.3 Å². The summed E-state index contributed by atoms with van der Waals surface area (Å²) in [6.45, 7) is 3.85. The molecule has 0 radical (unpaired) electrons. The molecule has 0 spiro atoms. The average molecular weight is 187 g/mol. The van der Waals surface area contributed by atoms with E-state index in [1.54, 1.807) is 0 Å². The normalized spacial score (nSPS) is 14.8. The topological polar surface area (TPSA) is 12.2 Å². The van der Waals surface area contributed by atoms with Gasteiger partial charge in [-0.2, -0.15) is 0 Å². The maximum Gasteiger partial charge on any atom is 0.148 e. The highest BCUT2D eigenvalue weighted by molar-refractivity contribution is 5.27. The van der Waals surface area contributed by atoms with Crippen LogP contribution in [-0.4, -0.2) is 24.6 Å². The Balaban J connectivity index is 1.91. The standard InChI is InChI=1S/C12H13NO/c1-2-9-14-12-5-3-11(4-6-12)10-13-7-8-13/h1,3-6H,7-10H2. The number of terminal acetylenes is 1. The molecule has 0 bridgehead atoms. The van der Waals surface area contributed by atoms with E-state index in [1.807, 2.05) is 12.1 Å². The molecule has 0 aliphatic carbocycles. The van der Waals surface area contributed by atoms with E-state index in [-0.39, 0.29) is 0 Å². The van der Waals surface area contributed by atoms with Crippen LogP contribution in [0.3, 0.4) is 0 Å². The minimum atomic E-state index is 0.339. The van der Waals surface area contributed by atoms with Gasteiger partial charge >= 0.3 is 0 Å². The van der Waals surface area contributed by atoms with E-state index in [4.69, 9.17) is 11.2 Å². The maximum absolute atomic E-state index is 5.28. The Morgan fingerprint density at radius 1 is 1.29 bits per heavy atom. The second-order valence-electron chi connectivity index (χ2n) is 3.41. The number of hydrogen-bond acceptors (Lipinski definition) is 2. The lowest BCUT2D eigenvalue weighted by Crippen LogP contribution is -1.97. The lowest BCUT2D eigenvalue weighted by atomic mass is 10.2. The Morgan fingerprint density at radius 3 is 2.57 bits per heavy atom. The zero-order chi connectivity index (χ0) is 9.80. The number of ether oxygens (including phenoxy) is 1. The Bertz CT molecular complexity index is 332. The fraction of sp³-hybridized carbons (Fsp3) is 0.333. The predicted octanol–water partition coefficient (Wildman–Crippen LogP) is 1.51. The van der Waals surface area contributed by atoms with Crippen LogP contribution in [-0.2, 0) is 6.54 Å². The van der Waals surface area contributed by atoms with Gasteiger partial charge < -0.3 is 4.74 Å². The van der Waals surface area contributed by atoms with Crippen molar-refractivity contribution >= 4 is 0 Å². The van der Waals surface area contributed by atoms with Crippen molar-refractivity contribution in [2.24, 2.45) is 0 Å². The van der Waals surface area contributed by atoms with Gasteiger partial charge in [-0.05, 0) is 17.7 Å². The molecular formula is C12H13NO. The molecule has 1 saturated heterocycles. The quantitative estimate of drug-likeness (QED) is 0.523. The molecule has 0 amide bonds. The monoisotopic (exact) mass is 187 g/mol. The van der Waals surface area contributed by atoms with Gasteiger partial charge in [0, 0.05) is 19.6 Å². The fourth-order valence-corrected chi connectivity index (χ4v) is 1.30. The van der Waals surface area contributed by atoms with Gasteiger partial charge in [-0.3, -0.25) is 4.90 Å². The van der Waals surface area contributed by atoms with E-state index in [0.29, 0.717) is 6.61 Å². The number of rotatable bonds is 4. The van der Waals surface area contributed by atoms with Gasteiger partial charge in [0.15, 0.2) is 0 Å². The first-order valence-electron chi connectivity index (χ1n) is 4.76. The van der Waals surface area contributed by atoms with Crippen molar-refractivity contribution in [3.05, 3.63) is 29.8 Å². The highest BCUT2D eigenvalue weighted by Gasteiger charge is 2.16. The summed E-state index contributed by atoms with van der Waals surface area (Å²) in [6.07, 6.45) is 5.10. The minimum absolute atomic E-state index is 0.339. The van der Waals surface area contributed by atoms with Crippen LogP contribution in [0.5, 0.6) is 5.75 Å². The first-order chi connectivity index (χ1) is 6.88. The Hall–Kier alpha value is -1.46. The van der Waals surface area contributed by atoms with Crippen molar-refractivity contribution < 1.29 is 4.74 Å². The molecular weight excluding hydrogens is 174 g/mol. The van der Waals surface area contributed by atoms with Crippen LogP contribution in [0.4, 0.5) is 0 Å². The van der Waals surface area contributed by atoms with Gasteiger partial charge in [0.2, 0.25) is 0 Å². The predicted molar refractivity (Wildman–Crippen MR) is 56.0 cm³/mol. The molecule has 1 aromatic rings. The zero-order valence-corrected chi connectivity index (χ0v) is 8.07. The van der Waals surface area contributed by atoms with Crippen LogP contribution in [0.15, 0.2) is 24.3 Å². The molecule has 0 atom stereocenters. The van der Waals surface area contributed by atoms with Crippen LogP contribution in [0.25, 0.3) is 0 Å². The van der Waals surface area contributed by atoms with E-state index in [9.17, 15) is 0 Å². The molecule has 2 nitrogen and oxygen atoms in total. The second kappa shape index (κ2) is 4.17. The molecule has 1 aliphatic heterocycles. The molecule has 14 heavy (non-hydrogen) atoms. The third-order valence-electron chi connectivity index (χ3n) is 2.19. The minimum Gasteiger partial charge on any atom is -0.481 e. The average Bonchev–Trinajstić information content (AvgIpc) is 3.01. The van der Waals surface area contributed by atoms with E-state index < -0.39 is 0 Å². The van der Waals surface area contributed by atoms with Gasteiger partial charge in [0.25, 0.3) is 0 Å². The highest BCUT2D eigenvalue weighted by Crippen LogP contribution is 2.16. The summed E-state index contributed by atoms with van der Waals surface area (Å²) >= 11 is 0. The lowest BCUT2D eigenvalue weighted by molar-refractivity contribution is 0.370. The largest absolute Gasteiger partial charge is 0.481 e. The summed E-state index contributed by atoms with van der Waals surface area (Å²) in [5, 5.41) is 0.